The minimum absolute atomic E-state index is 0.433. The summed E-state index contributed by atoms with van der Waals surface area (Å²) in [6, 6.07) is 7.37. The first kappa shape index (κ1) is 21.0. The maximum atomic E-state index is 10.7. The molecule has 1 aromatic rings. The van der Waals surface area contributed by atoms with E-state index < -0.39 is 36.2 Å². The molecule has 8 nitrogen and oxygen atoms in total. The molecule has 0 aromatic heterocycles. The second kappa shape index (κ2) is 10.7. The number of carboxylic acid groups (broad SMARTS) is 2. The van der Waals surface area contributed by atoms with E-state index in [1.165, 1.54) is 13.8 Å². The zero-order valence-electron chi connectivity index (χ0n) is 13.1. The van der Waals surface area contributed by atoms with Crippen molar-refractivity contribution in [3.05, 3.63) is 35.9 Å². The normalized spacial score (nSPS) is 15.5. The molecule has 1 rings (SSSR count). The van der Waals surface area contributed by atoms with Gasteiger partial charge < -0.3 is 26.2 Å². The van der Waals surface area contributed by atoms with Gasteiger partial charge >= 0.3 is 11.9 Å². The van der Waals surface area contributed by atoms with E-state index in [4.69, 9.17) is 21.1 Å². The number of hydrogen-bond donors (Lipinski definition) is 6. The number of aliphatic hydroxyl groups is 2. The van der Waals surface area contributed by atoms with Gasteiger partial charge in [0.05, 0.1) is 12.2 Å². The SMILES string of the molecule is C[C@@H](O)[C@H](N)C(=O)O.C[C@@H](O)[C@H](NCc1ccccc1)C(=O)O. The lowest BCUT2D eigenvalue weighted by Crippen LogP contribution is -2.44. The summed E-state index contributed by atoms with van der Waals surface area (Å²) >= 11 is 0. The molecule has 0 amide bonds. The predicted molar refractivity (Wildman–Crippen MR) is 83.7 cm³/mol. The highest BCUT2D eigenvalue weighted by molar-refractivity contribution is 5.74. The molecule has 4 atom stereocenters. The number of benzene rings is 1. The molecule has 0 radical (unpaired) electrons. The second-order valence-electron chi connectivity index (χ2n) is 5.03. The Balaban J connectivity index is 0.000000515. The number of hydrogen-bond acceptors (Lipinski definition) is 6. The van der Waals surface area contributed by atoms with Crippen molar-refractivity contribution in [3.63, 3.8) is 0 Å². The topological polar surface area (TPSA) is 153 Å². The van der Waals surface area contributed by atoms with Gasteiger partial charge in [0.25, 0.3) is 0 Å². The number of carbonyl (C=O) groups is 2. The van der Waals surface area contributed by atoms with Gasteiger partial charge in [0.2, 0.25) is 0 Å². The Hall–Kier alpha value is -2.00. The summed E-state index contributed by atoms with van der Waals surface area (Å²) in [7, 11) is 0. The number of carboxylic acids is 2. The van der Waals surface area contributed by atoms with Gasteiger partial charge in [-0.15, -0.1) is 0 Å². The summed E-state index contributed by atoms with van der Waals surface area (Å²) in [5.41, 5.74) is 5.90. The fourth-order valence-electron chi connectivity index (χ4n) is 1.49. The fraction of sp³-hybridized carbons (Fsp3) is 0.467. The van der Waals surface area contributed by atoms with E-state index in [0.29, 0.717) is 6.54 Å². The molecule has 0 unspecified atom stereocenters. The molecule has 0 saturated heterocycles. The Bertz CT molecular complexity index is 478. The molecule has 0 aliphatic rings. The maximum absolute atomic E-state index is 10.7. The number of aliphatic carboxylic acids is 2. The first-order chi connectivity index (χ1) is 10.7. The molecule has 0 spiro atoms. The van der Waals surface area contributed by atoms with Crippen LogP contribution in [0.3, 0.4) is 0 Å². The van der Waals surface area contributed by atoms with Crippen molar-refractivity contribution < 1.29 is 30.0 Å². The van der Waals surface area contributed by atoms with Gasteiger partial charge in [0, 0.05) is 6.54 Å². The van der Waals surface area contributed by atoms with Crippen LogP contribution in [0.4, 0.5) is 0 Å². The molecule has 130 valence electrons. The van der Waals surface area contributed by atoms with E-state index in [9.17, 15) is 14.7 Å². The Morgan fingerprint density at radius 1 is 1.04 bits per heavy atom. The van der Waals surface area contributed by atoms with Crippen LogP contribution in [0.25, 0.3) is 0 Å². The average Bonchev–Trinajstić information content (AvgIpc) is 2.47. The number of aliphatic hydroxyl groups excluding tert-OH is 2. The van der Waals surface area contributed by atoms with E-state index in [1.54, 1.807) is 0 Å². The highest BCUT2D eigenvalue weighted by Gasteiger charge is 2.21. The Morgan fingerprint density at radius 2 is 1.57 bits per heavy atom. The van der Waals surface area contributed by atoms with Crippen molar-refractivity contribution >= 4 is 11.9 Å². The molecule has 0 heterocycles. The molecule has 23 heavy (non-hydrogen) atoms. The van der Waals surface area contributed by atoms with Crippen LogP contribution in [0.15, 0.2) is 30.3 Å². The van der Waals surface area contributed by atoms with Gasteiger partial charge in [0.1, 0.15) is 12.1 Å². The van der Waals surface area contributed by atoms with Crippen LogP contribution in [-0.2, 0) is 16.1 Å². The van der Waals surface area contributed by atoms with Crippen molar-refractivity contribution in [1.82, 2.24) is 5.32 Å². The number of rotatable bonds is 7. The van der Waals surface area contributed by atoms with E-state index in [2.05, 4.69) is 5.32 Å². The van der Waals surface area contributed by atoms with Crippen molar-refractivity contribution in [1.29, 1.82) is 0 Å². The van der Waals surface area contributed by atoms with E-state index in [1.807, 2.05) is 30.3 Å². The van der Waals surface area contributed by atoms with Crippen molar-refractivity contribution in [3.8, 4) is 0 Å². The van der Waals surface area contributed by atoms with Crippen LogP contribution in [0.5, 0.6) is 0 Å². The summed E-state index contributed by atoms with van der Waals surface area (Å²) in [4.78, 5) is 20.6. The molecule has 0 aliphatic heterocycles. The van der Waals surface area contributed by atoms with Crippen LogP contribution in [-0.4, -0.2) is 56.7 Å². The number of nitrogens with two attached hydrogens (primary N) is 1. The zero-order valence-corrected chi connectivity index (χ0v) is 13.1. The van der Waals surface area contributed by atoms with Crippen LogP contribution >= 0.6 is 0 Å². The Kier molecular flexibility index (Phi) is 9.75. The van der Waals surface area contributed by atoms with E-state index in [-0.39, 0.29) is 0 Å². The molecule has 1 aromatic carbocycles. The van der Waals surface area contributed by atoms with Crippen LogP contribution in [0, 0.1) is 0 Å². The van der Waals surface area contributed by atoms with E-state index >= 15 is 0 Å². The minimum atomic E-state index is -1.18. The first-order valence-corrected chi connectivity index (χ1v) is 7.01. The molecule has 0 bridgehead atoms. The highest BCUT2D eigenvalue weighted by atomic mass is 16.4. The predicted octanol–water partition coefficient (Wildman–Crippen LogP) is -0.611. The molecule has 0 saturated carbocycles. The lowest BCUT2D eigenvalue weighted by Gasteiger charge is -2.16. The lowest BCUT2D eigenvalue weighted by atomic mass is 10.1. The largest absolute Gasteiger partial charge is 0.480 e. The third kappa shape index (κ3) is 8.89. The van der Waals surface area contributed by atoms with E-state index in [0.717, 1.165) is 5.56 Å². The lowest BCUT2D eigenvalue weighted by molar-refractivity contribution is -0.142. The maximum Gasteiger partial charge on any atom is 0.323 e. The van der Waals surface area contributed by atoms with Gasteiger partial charge in [-0.1, -0.05) is 30.3 Å². The van der Waals surface area contributed by atoms with Gasteiger partial charge in [-0.25, -0.2) is 0 Å². The monoisotopic (exact) mass is 328 g/mol. The van der Waals surface area contributed by atoms with Gasteiger partial charge in [-0.05, 0) is 19.4 Å². The summed E-state index contributed by atoms with van der Waals surface area (Å²) in [5.74, 6) is -2.22. The van der Waals surface area contributed by atoms with Crippen LogP contribution in [0.2, 0.25) is 0 Å². The second-order valence-corrected chi connectivity index (χ2v) is 5.03. The average molecular weight is 328 g/mol. The molecular weight excluding hydrogens is 304 g/mol. The first-order valence-electron chi connectivity index (χ1n) is 7.01. The summed E-state index contributed by atoms with van der Waals surface area (Å²) in [5, 5.41) is 37.4. The fourth-order valence-corrected chi connectivity index (χ4v) is 1.49. The van der Waals surface area contributed by atoms with Crippen LogP contribution < -0.4 is 11.1 Å². The third-order valence-electron chi connectivity index (χ3n) is 2.92. The molecule has 8 heteroatoms. The smallest absolute Gasteiger partial charge is 0.323 e. The summed E-state index contributed by atoms with van der Waals surface area (Å²) < 4.78 is 0. The molecule has 7 N–H and O–H groups in total. The standard InChI is InChI=1S/C11H15NO3.C4H9NO3/c1-8(13)10(11(14)15)12-7-9-5-3-2-4-6-9;1-2(6)3(5)4(7)8/h2-6,8,10,12-13H,7H2,1H3,(H,14,15);2-3,6H,5H2,1H3,(H,7,8)/t8-,10+;2-,3+/m11/s1. The molecular formula is C15H24N2O6. The summed E-state index contributed by atoms with van der Waals surface area (Å²) in [6.45, 7) is 3.22. The molecule has 0 aliphatic carbocycles. The highest BCUT2D eigenvalue weighted by Crippen LogP contribution is 2.00. The Morgan fingerprint density at radius 3 is 1.87 bits per heavy atom. The van der Waals surface area contributed by atoms with Gasteiger partial charge in [-0.3, -0.25) is 14.9 Å². The van der Waals surface area contributed by atoms with Gasteiger partial charge in [-0.2, -0.15) is 0 Å². The summed E-state index contributed by atoms with van der Waals surface area (Å²) in [6.07, 6.45) is -1.89. The van der Waals surface area contributed by atoms with Crippen molar-refractivity contribution in [2.75, 3.05) is 0 Å². The van der Waals surface area contributed by atoms with Crippen LogP contribution in [0.1, 0.15) is 19.4 Å². The third-order valence-corrected chi connectivity index (χ3v) is 2.92. The van der Waals surface area contributed by atoms with Crippen molar-refractivity contribution in [2.24, 2.45) is 5.73 Å². The minimum Gasteiger partial charge on any atom is -0.480 e. The van der Waals surface area contributed by atoms with Crippen molar-refractivity contribution in [2.45, 2.75) is 44.7 Å². The number of nitrogens with one attached hydrogen (secondary N) is 1. The van der Waals surface area contributed by atoms with Gasteiger partial charge in [0.15, 0.2) is 0 Å². The molecule has 0 fully saturated rings. The Labute approximate surface area is 134 Å². The zero-order chi connectivity index (χ0) is 18.0. The quantitative estimate of drug-likeness (QED) is 0.387.